The second-order valence-corrected chi connectivity index (χ2v) is 35.7. The summed E-state index contributed by atoms with van der Waals surface area (Å²) in [6.45, 7) is 0. The highest BCUT2D eigenvalue weighted by atomic mass is 15.2. The van der Waals surface area contributed by atoms with Gasteiger partial charge < -0.3 is 14.7 Å². The van der Waals surface area contributed by atoms with E-state index in [1.54, 1.807) is 0 Å². The van der Waals surface area contributed by atoms with Crippen LogP contribution in [0.25, 0.3) is 112 Å². The van der Waals surface area contributed by atoms with Gasteiger partial charge in [-0.3, -0.25) is 0 Å². The molecule has 646 valence electrons. The lowest BCUT2D eigenvalue weighted by Crippen LogP contribution is -2.36. The zero-order valence-corrected chi connectivity index (χ0v) is 75.1. The highest BCUT2D eigenvalue weighted by Gasteiger charge is 2.57. The summed E-state index contributed by atoms with van der Waals surface area (Å²) in [6, 6.07) is 179. The highest BCUT2D eigenvalue weighted by Crippen LogP contribution is 2.68. The number of aromatic nitrogens is 6. The highest BCUT2D eigenvalue weighted by molar-refractivity contribution is 6.01. The number of rotatable bonds is 10. The first-order valence-electron chi connectivity index (χ1n) is 47.1. The predicted molar refractivity (Wildman–Crippen MR) is 561 cm³/mol. The fraction of sp³-hybridized carbons (Fsp3) is 0.0233. The van der Waals surface area contributed by atoms with Crippen LogP contribution in [0.5, 0.6) is 0 Å². The van der Waals surface area contributed by atoms with Crippen molar-refractivity contribution >= 4 is 51.2 Å². The third kappa shape index (κ3) is 12.6. The summed E-state index contributed by atoms with van der Waals surface area (Å²) in [5.74, 6) is 2.19. The van der Waals surface area contributed by atoms with Gasteiger partial charge in [-0.2, -0.15) is 0 Å². The quantitative estimate of drug-likeness (QED) is 0.133. The molecule has 0 unspecified atom stereocenters. The van der Waals surface area contributed by atoms with Gasteiger partial charge in [0.05, 0.1) is 73.1 Å². The monoisotopic (exact) mass is 1760 g/mol. The van der Waals surface area contributed by atoms with Crippen LogP contribution < -0.4 is 14.7 Å². The van der Waals surface area contributed by atoms with Gasteiger partial charge in [0, 0.05) is 79.5 Å². The van der Waals surface area contributed by atoms with Crippen molar-refractivity contribution in [3.05, 3.63) is 583 Å². The van der Waals surface area contributed by atoms with Gasteiger partial charge in [0.1, 0.15) is 0 Å². The van der Waals surface area contributed by atoms with Crippen molar-refractivity contribution in [3.63, 3.8) is 0 Å². The van der Waals surface area contributed by atoms with E-state index in [0.29, 0.717) is 0 Å². The van der Waals surface area contributed by atoms with Crippen molar-refractivity contribution in [2.45, 2.75) is 16.2 Å². The Kier molecular flexibility index (Phi) is 19.4. The number of hydrogen-bond acceptors (Lipinski definition) is 9. The van der Waals surface area contributed by atoms with Crippen LogP contribution >= 0.6 is 0 Å². The maximum atomic E-state index is 5.52. The second kappa shape index (κ2) is 33.2. The molecule has 9 heteroatoms. The summed E-state index contributed by atoms with van der Waals surface area (Å²) in [7, 11) is 0. The molecule has 0 radical (unpaired) electrons. The lowest BCUT2D eigenvalue weighted by molar-refractivity contribution is 0.723. The van der Waals surface area contributed by atoms with Crippen LogP contribution in [0.15, 0.2) is 516 Å². The second-order valence-electron chi connectivity index (χ2n) is 35.7. The van der Waals surface area contributed by atoms with E-state index in [1.807, 2.05) is 24.4 Å². The number of benzene rings is 19. The predicted octanol–water partition coefficient (Wildman–Crippen LogP) is 31.5. The van der Waals surface area contributed by atoms with Crippen LogP contribution in [0.2, 0.25) is 0 Å². The van der Waals surface area contributed by atoms with Crippen LogP contribution in [0, 0.1) is 0 Å². The summed E-state index contributed by atoms with van der Waals surface area (Å²) < 4.78 is 0. The molecular formula is C129H85N9. The smallest absolute Gasteiger partial charge is 0.160 e. The zero-order chi connectivity index (χ0) is 91.3. The first-order chi connectivity index (χ1) is 68.5. The lowest BCUT2D eigenvalue weighted by Gasteiger charge is -2.45. The summed E-state index contributed by atoms with van der Waals surface area (Å²) in [5.41, 5.74) is 41.6. The Morgan fingerprint density at radius 1 is 0.152 bits per heavy atom. The standard InChI is InChI=1S/C47H31N3.2C41H27N3/c1-4-16-32(17-5-1)33-28-30-35(31-29-33)46-48-44(34-18-6-2-7-19-34)43-45(49-46)37-22-10-11-23-38(37)47(43)39-24-12-14-26-41(39)50(36-20-8-3-9-21-36)42-27-15-13-25-40(42)47;1-3-13-28(14-4-1)29-23-25-30(26-24-29)40-42-27-33-32-17-7-8-18-34(32)41(39(33)43-40)35-19-9-11-21-37(35)44(31-15-5-2-6-16-31)38-22-12-10-20-36(38)41;1-3-13-28(14-4-1)29-23-25-30(26-24-29)40-42-27-36-39(43-40)32-17-7-8-18-33(32)41(36)34-19-9-11-21-37(34)44(31-15-5-2-6-16-31)38-22-12-10-20-35(38)41/h1-31H;2*1-27H. The van der Waals surface area contributed by atoms with Crippen LogP contribution in [0.4, 0.5) is 51.2 Å². The van der Waals surface area contributed by atoms with E-state index >= 15 is 0 Å². The molecule has 0 N–H and O–H groups in total. The van der Waals surface area contributed by atoms with Crippen molar-refractivity contribution in [2.24, 2.45) is 0 Å². The van der Waals surface area contributed by atoms with Crippen LogP contribution in [-0.4, -0.2) is 29.9 Å². The molecule has 22 aromatic rings. The van der Waals surface area contributed by atoms with Gasteiger partial charge in [0.25, 0.3) is 0 Å². The summed E-state index contributed by atoms with van der Waals surface area (Å²) >= 11 is 0. The Balaban J connectivity index is 0.000000107. The summed E-state index contributed by atoms with van der Waals surface area (Å²) in [6.07, 6.45) is 4.11. The van der Waals surface area contributed by atoms with Gasteiger partial charge in [-0.15, -0.1) is 0 Å². The molecule has 0 fully saturated rings. The zero-order valence-electron chi connectivity index (χ0n) is 75.1. The van der Waals surface area contributed by atoms with Gasteiger partial charge in [-0.1, -0.05) is 431 Å². The maximum absolute atomic E-state index is 5.52. The lowest BCUT2D eigenvalue weighted by atomic mass is 9.64. The van der Waals surface area contributed by atoms with E-state index in [1.165, 1.54) is 100 Å². The van der Waals surface area contributed by atoms with Gasteiger partial charge in [0.15, 0.2) is 17.5 Å². The average Bonchev–Trinajstić information content (AvgIpc) is 1.57. The minimum atomic E-state index is -0.648. The van der Waals surface area contributed by atoms with Crippen LogP contribution in [0.1, 0.15) is 66.9 Å². The minimum absolute atomic E-state index is 0.542. The van der Waals surface area contributed by atoms with Crippen molar-refractivity contribution in [1.29, 1.82) is 0 Å². The van der Waals surface area contributed by atoms with Crippen LogP contribution in [0.3, 0.4) is 0 Å². The van der Waals surface area contributed by atoms with E-state index in [-0.39, 0.29) is 0 Å². The van der Waals surface area contributed by atoms with Crippen LogP contribution in [-0.2, 0) is 16.2 Å². The first kappa shape index (κ1) is 80.7. The van der Waals surface area contributed by atoms with Crippen molar-refractivity contribution in [1.82, 2.24) is 29.9 Å². The van der Waals surface area contributed by atoms with E-state index < -0.39 is 16.2 Å². The molecule has 9 nitrogen and oxygen atoms in total. The number of para-hydroxylation sites is 9. The van der Waals surface area contributed by atoms with E-state index in [2.05, 4.69) is 506 Å². The molecule has 0 atom stereocenters. The minimum Gasteiger partial charge on any atom is -0.310 e. The molecule has 19 aromatic carbocycles. The summed E-state index contributed by atoms with van der Waals surface area (Å²) in [4.78, 5) is 39.0. The normalized spacial score (nSPS) is 13.5. The van der Waals surface area contributed by atoms with Gasteiger partial charge >= 0.3 is 0 Å². The average molecular weight is 1760 g/mol. The van der Waals surface area contributed by atoms with Crippen molar-refractivity contribution < 1.29 is 0 Å². The van der Waals surface area contributed by atoms with Crippen molar-refractivity contribution in [3.8, 4) is 112 Å². The fourth-order valence-electron chi connectivity index (χ4n) is 22.8. The molecule has 0 bridgehead atoms. The SMILES string of the molecule is c1ccc(-c2ccc(-c3nc(-c4ccccc4)c4c(n3)-c3ccccc3C43c4ccccc4N(c4ccccc4)c4ccccc43)cc2)cc1.c1ccc(-c2ccc(-c3ncc4c(n3)-c3ccccc3C43c4ccccc4N(c4ccccc4)c4ccccc43)cc2)cc1.c1ccc(-c2ccc(-c3ncc4c(n3)C3(c5ccccc5-4)c4ccccc4N(c4ccccc4)c4ccccc43)cc2)cc1. The van der Waals surface area contributed by atoms with Gasteiger partial charge in [0.2, 0.25) is 0 Å². The molecule has 0 saturated carbocycles. The molecule has 6 heterocycles. The molecule has 3 aromatic heterocycles. The third-order valence-corrected chi connectivity index (χ3v) is 28.5. The summed E-state index contributed by atoms with van der Waals surface area (Å²) in [5, 5.41) is 0. The third-order valence-electron chi connectivity index (χ3n) is 28.5. The Morgan fingerprint density at radius 3 is 0.797 bits per heavy atom. The largest absolute Gasteiger partial charge is 0.310 e. The molecular weight excluding hydrogens is 1680 g/mol. The molecule has 138 heavy (non-hydrogen) atoms. The fourth-order valence-corrected chi connectivity index (χ4v) is 22.8. The number of hydrogen-bond donors (Lipinski definition) is 0. The van der Waals surface area contributed by atoms with Crippen molar-refractivity contribution in [2.75, 3.05) is 14.7 Å². The molecule has 0 amide bonds. The topological polar surface area (TPSA) is 87.1 Å². The molecule has 28 rings (SSSR count). The van der Waals surface area contributed by atoms with E-state index in [9.17, 15) is 0 Å². The van der Waals surface area contributed by atoms with E-state index in [0.717, 1.165) is 130 Å². The van der Waals surface area contributed by atoms with Gasteiger partial charge in [-0.25, -0.2) is 29.9 Å². The van der Waals surface area contributed by atoms with E-state index in [4.69, 9.17) is 29.9 Å². The van der Waals surface area contributed by atoms with Gasteiger partial charge in [-0.05, 0) is 162 Å². The first-order valence-corrected chi connectivity index (χ1v) is 47.1. The Labute approximate surface area is 801 Å². The molecule has 3 aliphatic carbocycles. The Morgan fingerprint density at radius 2 is 0.406 bits per heavy atom. The number of fused-ring (bicyclic) bond motifs is 27. The molecule has 0 saturated heterocycles. The molecule has 3 aliphatic heterocycles. The molecule has 6 aliphatic rings. The Hall–Kier alpha value is -18.2. The Bertz CT molecular complexity index is 8290. The molecule has 3 spiro atoms. The maximum Gasteiger partial charge on any atom is 0.160 e. The number of anilines is 9. The number of nitrogens with zero attached hydrogens (tertiary/aromatic N) is 9.